The number of aryl methyl sites for hydroxylation is 2. The van der Waals surface area contributed by atoms with E-state index >= 15 is 0 Å². The SMILES string of the molecule is CCc1nn(CC)c(CSc2ncc[nH]2)c1Br. The van der Waals surface area contributed by atoms with E-state index in [1.807, 2.05) is 6.20 Å². The fraction of sp³-hybridized carbons (Fsp3) is 0.455. The van der Waals surface area contributed by atoms with E-state index in [4.69, 9.17) is 0 Å². The second-order valence-corrected chi connectivity index (χ2v) is 5.32. The van der Waals surface area contributed by atoms with Crippen molar-refractivity contribution in [2.45, 2.75) is 37.7 Å². The fourth-order valence-electron chi connectivity index (χ4n) is 1.62. The Labute approximate surface area is 113 Å². The summed E-state index contributed by atoms with van der Waals surface area (Å²) in [4.78, 5) is 7.30. The van der Waals surface area contributed by atoms with E-state index in [2.05, 4.69) is 49.5 Å². The third-order valence-electron chi connectivity index (χ3n) is 2.51. The quantitative estimate of drug-likeness (QED) is 0.862. The molecule has 0 saturated heterocycles. The first kappa shape index (κ1) is 12.7. The molecule has 0 radical (unpaired) electrons. The van der Waals surface area contributed by atoms with Crippen molar-refractivity contribution >= 4 is 27.7 Å². The number of hydrogen-bond acceptors (Lipinski definition) is 3. The Kier molecular flexibility index (Phi) is 4.28. The first-order valence-electron chi connectivity index (χ1n) is 5.62. The van der Waals surface area contributed by atoms with Crippen LogP contribution in [0.3, 0.4) is 0 Å². The monoisotopic (exact) mass is 314 g/mol. The first-order valence-corrected chi connectivity index (χ1v) is 7.40. The van der Waals surface area contributed by atoms with Crippen molar-refractivity contribution in [1.29, 1.82) is 0 Å². The molecule has 4 nitrogen and oxygen atoms in total. The molecule has 2 rings (SSSR count). The van der Waals surface area contributed by atoms with Gasteiger partial charge >= 0.3 is 0 Å². The Balaban J connectivity index is 2.16. The second-order valence-electron chi connectivity index (χ2n) is 3.56. The van der Waals surface area contributed by atoms with Gasteiger partial charge in [-0.3, -0.25) is 4.68 Å². The number of nitrogens with zero attached hydrogens (tertiary/aromatic N) is 3. The number of thioether (sulfide) groups is 1. The number of H-pyrrole nitrogens is 1. The van der Waals surface area contributed by atoms with Crippen molar-refractivity contribution in [2.75, 3.05) is 0 Å². The van der Waals surface area contributed by atoms with Crippen LogP contribution in [0.15, 0.2) is 22.0 Å². The molecule has 0 aliphatic heterocycles. The van der Waals surface area contributed by atoms with Crippen LogP contribution >= 0.6 is 27.7 Å². The molecule has 1 N–H and O–H groups in total. The highest BCUT2D eigenvalue weighted by molar-refractivity contribution is 9.10. The fourth-order valence-corrected chi connectivity index (χ4v) is 3.37. The third kappa shape index (κ3) is 2.74. The summed E-state index contributed by atoms with van der Waals surface area (Å²) in [5, 5.41) is 5.52. The largest absolute Gasteiger partial charge is 0.340 e. The van der Waals surface area contributed by atoms with Crippen LogP contribution in [0, 0.1) is 0 Å². The minimum absolute atomic E-state index is 0.870. The van der Waals surface area contributed by atoms with Crippen LogP contribution < -0.4 is 0 Å². The van der Waals surface area contributed by atoms with Gasteiger partial charge in [0.15, 0.2) is 5.16 Å². The maximum atomic E-state index is 4.57. The van der Waals surface area contributed by atoms with Crippen molar-refractivity contribution in [2.24, 2.45) is 0 Å². The number of halogens is 1. The minimum Gasteiger partial charge on any atom is -0.340 e. The number of imidazole rings is 1. The molecule has 0 aliphatic rings. The van der Waals surface area contributed by atoms with Gasteiger partial charge in [-0.25, -0.2) is 4.98 Å². The molecule has 2 aromatic rings. The van der Waals surface area contributed by atoms with E-state index in [0.717, 1.165) is 34.0 Å². The summed E-state index contributed by atoms with van der Waals surface area (Å²) in [6.07, 6.45) is 4.56. The van der Waals surface area contributed by atoms with Crippen LogP contribution in [0.5, 0.6) is 0 Å². The molecule has 0 bridgehead atoms. The highest BCUT2D eigenvalue weighted by Crippen LogP contribution is 2.28. The molecule has 0 saturated carbocycles. The van der Waals surface area contributed by atoms with E-state index in [1.54, 1.807) is 18.0 Å². The van der Waals surface area contributed by atoms with E-state index in [0.29, 0.717) is 0 Å². The van der Waals surface area contributed by atoms with Gasteiger partial charge in [-0.05, 0) is 29.3 Å². The topological polar surface area (TPSA) is 46.5 Å². The average molecular weight is 315 g/mol. The summed E-state index contributed by atoms with van der Waals surface area (Å²) in [7, 11) is 0. The summed E-state index contributed by atoms with van der Waals surface area (Å²) in [6, 6.07) is 0. The molecule has 0 atom stereocenters. The maximum Gasteiger partial charge on any atom is 0.165 e. The number of aromatic nitrogens is 4. The standard InChI is InChI=1S/C11H15BrN4S/c1-3-8-10(12)9(16(4-2)15-8)7-17-11-13-5-6-14-11/h5-6H,3-4,7H2,1-2H3,(H,13,14). The lowest BCUT2D eigenvalue weighted by atomic mass is 10.3. The molecule has 0 unspecified atom stereocenters. The molecule has 0 aromatic carbocycles. The second kappa shape index (κ2) is 5.73. The van der Waals surface area contributed by atoms with Crippen LogP contribution in [0.25, 0.3) is 0 Å². The van der Waals surface area contributed by atoms with Crippen LogP contribution in [-0.2, 0) is 18.7 Å². The van der Waals surface area contributed by atoms with Gasteiger partial charge in [-0.1, -0.05) is 18.7 Å². The van der Waals surface area contributed by atoms with Gasteiger partial charge < -0.3 is 4.98 Å². The van der Waals surface area contributed by atoms with Gasteiger partial charge in [0.05, 0.1) is 15.9 Å². The molecule has 2 heterocycles. The van der Waals surface area contributed by atoms with Crippen LogP contribution in [-0.4, -0.2) is 19.7 Å². The van der Waals surface area contributed by atoms with Gasteiger partial charge in [-0.2, -0.15) is 5.10 Å². The van der Waals surface area contributed by atoms with Crippen molar-refractivity contribution in [3.05, 3.63) is 28.3 Å². The number of hydrogen-bond donors (Lipinski definition) is 1. The highest BCUT2D eigenvalue weighted by atomic mass is 79.9. The Morgan fingerprint density at radius 2 is 2.29 bits per heavy atom. The van der Waals surface area contributed by atoms with Crippen molar-refractivity contribution < 1.29 is 0 Å². The van der Waals surface area contributed by atoms with E-state index in [9.17, 15) is 0 Å². The van der Waals surface area contributed by atoms with E-state index in [1.165, 1.54) is 5.69 Å². The first-order chi connectivity index (χ1) is 8.26. The molecular weight excluding hydrogens is 300 g/mol. The lowest BCUT2D eigenvalue weighted by Crippen LogP contribution is -2.02. The van der Waals surface area contributed by atoms with Gasteiger partial charge in [-0.15, -0.1) is 0 Å². The molecule has 0 fully saturated rings. The Morgan fingerprint density at radius 1 is 1.47 bits per heavy atom. The predicted molar refractivity (Wildman–Crippen MR) is 73.1 cm³/mol. The molecular formula is C11H15BrN4S. The van der Waals surface area contributed by atoms with Gasteiger partial charge in [0.1, 0.15) is 0 Å². The van der Waals surface area contributed by atoms with Crippen LogP contribution in [0.4, 0.5) is 0 Å². The zero-order chi connectivity index (χ0) is 12.3. The van der Waals surface area contributed by atoms with Crippen molar-refractivity contribution in [1.82, 2.24) is 19.7 Å². The number of rotatable bonds is 5. The highest BCUT2D eigenvalue weighted by Gasteiger charge is 2.14. The van der Waals surface area contributed by atoms with Crippen LogP contribution in [0.2, 0.25) is 0 Å². The zero-order valence-corrected chi connectivity index (χ0v) is 12.3. The summed E-state index contributed by atoms with van der Waals surface area (Å²) in [6.45, 7) is 5.13. The minimum atomic E-state index is 0.870. The van der Waals surface area contributed by atoms with Gasteiger partial charge in [0.25, 0.3) is 0 Å². The molecule has 0 amide bonds. The maximum absolute atomic E-state index is 4.57. The Bertz CT molecular complexity index is 478. The molecule has 2 aromatic heterocycles. The molecule has 0 aliphatic carbocycles. The number of aromatic amines is 1. The lowest BCUT2D eigenvalue weighted by Gasteiger charge is -2.03. The van der Waals surface area contributed by atoms with Crippen LogP contribution in [0.1, 0.15) is 25.2 Å². The third-order valence-corrected chi connectivity index (χ3v) is 4.34. The van der Waals surface area contributed by atoms with Gasteiger partial charge in [0.2, 0.25) is 0 Å². The molecule has 17 heavy (non-hydrogen) atoms. The average Bonchev–Trinajstić information content (AvgIpc) is 2.94. The summed E-state index contributed by atoms with van der Waals surface area (Å²) in [5.41, 5.74) is 2.35. The normalized spacial score (nSPS) is 11.0. The predicted octanol–water partition coefficient (Wildman–Crippen LogP) is 3.24. The number of nitrogens with one attached hydrogen (secondary N) is 1. The van der Waals surface area contributed by atoms with E-state index in [-0.39, 0.29) is 0 Å². The Hall–Kier alpha value is -0.750. The summed E-state index contributed by atoms with van der Waals surface area (Å²) < 4.78 is 3.19. The molecule has 92 valence electrons. The van der Waals surface area contributed by atoms with Crippen molar-refractivity contribution in [3.63, 3.8) is 0 Å². The Morgan fingerprint density at radius 3 is 2.88 bits per heavy atom. The van der Waals surface area contributed by atoms with Crippen molar-refractivity contribution in [3.8, 4) is 0 Å². The summed E-state index contributed by atoms with van der Waals surface area (Å²) in [5.74, 6) is 0.870. The molecule has 0 spiro atoms. The zero-order valence-electron chi connectivity index (χ0n) is 9.90. The molecule has 6 heteroatoms. The smallest absolute Gasteiger partial charge is 0.165 e. The lowest BCUT2D eigenvalue weighted by molar-refractivity contribution is 0.627. The summed E-state index contributed by atoms with van der Waals surface area (Å²) >= 11 is 5.33. The van der Waals surface area contributed by atoms with E-state index < -0.39 is 0 Å². The van der Waals surface area contributed by atoms with Gasteiger partial charge in [0, 0.05) is 24.7 Å².